The number of nitrogen functional groups attached to an aromatic ring is 1. The topological polar surface area (TPSA) is 55.1 Å². The van der Waals surface area contributed by atoms with E-state index in [9.17, 15) is 4.79 Å². The van der Waals surface area contributed by atoms with Gasteiger partial charge in [0.05, 0.1) is 0 Å². The molecule has 1 saturated carbocycles. The van der Waals surface area contributed by atoms with Crippen LogP contribution in [0.4, 0.5) is 5.69 Å². The number of amides is 1. The quantitative estimate of drug-likeness (QED) is 0.833. The summed E-state index contributed by atoms with van der Waals surface area (Å²) in [5.41, 5.74) is 8.16. The number of aryl methyl sites for hydroxylation is 1. The largest absolute Gasteiger partial charge is 0.399 e. The van der Waals surface area contributed by atoms with Gasteiger partial charge in [0.2, 0.25) is 5.91 Å². The number of carbonyl (C=O) groups is 1. The van der Waals surface area contributed by atoms with Gasteiger partial charge in [-0.3, -0.25) is 4.79 Å². The number of hydrogen-bond acceptors (Lipinski definition) is 2. The molecule has 0 radical (unpaired) electrons. The summed E-state index contributed by atoms with van der Waals surface area (Å²) >= 11 is 0. The van der Waals surface area contributed by atoms with E-state index in [1.54, 1.807) is 0 Å². The summed E-state index contributed by atoms with van der Waals surface area (Å²) in [4.78, 5) is 12.2. The molecule has 3 heteroatoms. The average molecular weight is 288 g/mol. The molecule has 1 aromatic carbocycles. The number of anilines is 1. The zero-order valence-corrected chi connectivity index (χ0v) is 13.5. The zero-order chi connectivity index (χ0) is 15.5. The lowest BCUT2D eigenvalue weighted by Gasteiger charge is -2.39. The lowest BCUT2D eigenvalue weighted by Crippen LogP contribution is -2.44. The van der Waals surface area contributed by atoms with Crippen LogP contribution in [0.2, 0.25) is 0 Å². The third-order valence-electron chi connectivity index (χ3n) is 4.72. The van der Waals surface area contributed by atoms with Crippen LogP contribution in [-0.2, 0) is 11.2 Å². The summed E-state index contributed by atoms with van der Waals surface area (Å²) in [5, 5.41) is 3.22. The molecule has 2 rings (SSSR count). The molecule has 2 unspecified atom stereocenters. The van der Waals surface area contributed by atoms with E-state index in [1.165, 1.54) is 12.8 Å². The van der Waals surface area contributed by atoms with Gasteiger partial charge < -0.3 is 11.1 Å². The predicted octanol–water partition coefficient (Wildman–Crippen LogP) is 3.53. The SMILES string of the molecule is CC1CC(C)(C)CCC1NC(=O)CCc1ccccc1N. The third kappa shape index (κ3) is 4.48. The Balaban J connectivity index is 1.81. The van der Waals surface area contributed by atoms with Gasteiger partial charge in [0, 0.05) is 18.2 Å². The number of carbonyl (C=O) groups excluding carboxylic acids is 1. The number of rotatable bonds is 4. The minimum Gasteiger partial charge on any atom is -0.399 e. The number of nitrogens with one attached hydrogen (secondary N) is 1. The van der Waals surface area contributed by atoms with Crippen LogP contribution in [-0.4, -0.2) is 11.9 Å². The molecule has 1 aliphatic rings. The molecule has 0 saturated heterocycles. The van der Waals surface area contributed by atoms with Crippen molar-refractivity contribution in [3.63, 3.8) is 0 Å². The molecule has 0 aromatic heterocycles. The highest BCUT2D eigenvalue weighted by molar-refractivity contribution is 5.76. The molecule has 1 aliphatic carbocycles. The summed E-state index contributed by atoms with van der Waals surface area (Å²) in [6.07, 6.45) is 4.69. The molecule has 1 aromatic rings. The van der Waals surface area contributed by atoms with Crippen molar-refractivity contribution in [2.75, 3.05) is 5.73 Å². The molecular formula is C18H28N2O. The first-order chi connectivity index (χ1) is 9.87. The van der Waals surface area contributed by atoms with Gasteiger partial charge in [-0.1, -0.05) is 39.0 Å². The summed E-state index contributed by atoms with van der Waals surface area (Å²) in [7, 11) is 0. The standard InChI is InChI=1S/C18H28N2O/c1-13-12-18(2,3)11-10-16(13)20-17(21)9-8-14-6-4-5-7-15(14)19/h4-7,13,16H,8-12,19H2,1-3H3,(H,20,21). The van der Waals surface area contributed by atoms with Crippen LogP contribution in [0.25, 0.3) is 0 Å². The van der Waals surface area contributed by atoms with Gasteiger partial charge in [0.25, 0.3) is 0 Å². The molecule has 0 spiro atoms. The second-order valence-corrected chi connectivity index (χ2v) is 7.26. The molecule has 2 atom stereocenters. The van der Waals surface area contributed by atoms with Crippen LogP contribution in [0.15, 0.2) is 24.3 Å². The first kappa shape index (κ1) is 15.9. The van der Waals surface area contributed by atoms with Crippen molar-refractivity contribution in [3.8, 4) is 0 Å². The van der Waals surface area contributed by atoms with Crippen LogP contribution in [0, 0.1) is 11.3 Å². The van der Waals surface area contributed by atoms with Crippen molar-refractivity contribution in [2.45, 2.75) is 58.9 Å². The number of hydrogen-bond donors (Lipinski definition) is 2. The molecule has 3 N–H and O–H groups in total. The Kier molecular flexibility index (Phi) is 4.92. The van der Waals surface area contributed by atoms with Crippen LogP contribution >= 0.6 is 0 Å². The average Bonchev–Trinajstić information content (AvgIpc) is 2.40. The second-order valence-electron chi connectivity index (χ2n) is 7.26. The summed E-state index contributed by atoms with van der Waals surface area (Å²) in [5.74, 6) is 0.703. The fraction of sp³-hybridized carbons (Fsp3) is 0.611. The monoisotopic (exact) mass is 288 g/mol. The van der Waals surface area contributed by atoms with E-state index in [0.717, 1.165) is 17.7 Å². The third-order valence-corrected chi connectivity index (χ3v) is 4.72. The van der Waals surface area contributed by atoms with Gasteiger partial charge in [-0.25, -0.2) is 0 Å². The highest BCUT2D eigenvalue weighted by Gasteiger charge is 2.32. The molecule has 1 amide bonds. The summed E-state index contributed by atoms with van der Waals surface area (Å²) < 4.78 is 0. The van der Waals surface area contributed by atoms with Crippen LogP contribution in [0.3, 0.4) is 0 Å². The van der Waals surface area contributed by atoms with Crippen molar-refractivity contribution in [3.05, 3.63) is 29.8 Å². The molecule has 0 heterocycles. The Morgan fingerprint density at radius 1 is 1.38 bits per heavy atom. The van der Waals surface area contributed by atoms with Gasteiger partial charge in [0.1, 0.15) is 0 Å². The normalized spacial score (nSPS) is 24.5. The molecule has 1 fully saturated rings. The Labute approximate surface area is 128 Å². The smallest absolute Gasteiger partial charge is 0.220 e. The first-order valence-corrected chi connectivity index (χ1v) is 8.00. The van der Waals surface area contributed by atoms with Gasteiger partial charge in [0.15, 0.2) is 0 Å². The van der Waals surface area contributed by atoms with Crippen molar-refractivity contribution >= 4 is 11.6 Å². The Morgan fingerprint density at radius 2 is 2.10 bits per heavy atom. The van der Waals surface area contributed by atoms with Crippen molar-refractivity contribution in [1.29, 1.82) is 0 Å². The minimum absolute atomic E-state index is 0.148. The van der Waals surface area contributed by atoms with Crippen molar-refractivity contribution in [1.82, 2.24) is 5.32 Å². The van der Waals surface area contributed by atoms with E-state index in [0.29, 0.717) is 30.2 Å². The fourth-order valence-corrected chi connectivity index (χ4v) is 3.45. The highest BCUT2D eigenvalue weighted by Crippen LogP contribution is 2.38. The fourth-order valence-electron chi connectivity index (χ4n) is 3.45. The van der Waals surface area contributed by atoms with Crippen molar-refractivity contribution < 1.29 is 4.79 Å². The van der Waals surface area contributed by atoms with E-state index in [4.69, 9.17) is 5.73 Å². The first-order valence-electron chi connectivity index (χ1n) is 8.00. The Hall–Kier alpha value is -1.51. The molecule has 0 bridgehead atoms. The second kappa shape index (κ2) is 6.50. The molecule has 3 nitrogen and oxygen atoms in total. The van der Waals surface area contributed by atoms with E-state index in [-0.39, 0.29) is 5.91 Å². The predicted molar refractivity (Wildman–Crippen MR) is 87.9 cm³/mol. The molecular weight excluding hydrogens is 260 g/mol. The van der Waals surface area contributed by atoms with E-state index in [2.05, 4.69) is 26.1 Å². The van der Waals surface area contributed by atoms with Gasteiger partial charge >= 0.3 is 0 Å². The highest BCUT2D eigenvalue weighted by atomic mass is 16.1. The molecule has 21 heavy (non-hydrogen) atoms. The molecule has 0 aliphatic heterocycles. The summed E-state index contributed by atoms with van der Waals surface area (Å²) in [6.45, 7) is 6.89. The van der Waals surface area contributed by atoms with E-state index >= 15 is 0 Å². The number of para-hydroxylation sites is 1. The van der Waals surface area contributed by atoms with E-state index < -0.39 is 0 Å². The van der Waals surface area contributed by atoms with Gasteiger partial charge in [-0.15, -0.1) is 0 Å². The summed E-state index contributed by atoms with van der Waals surface area (Å²) in [6, 6.07) is 8.10. The Bertz CT molecular complexity index is 496. The Morgan fingerprint density at radius 3 is 2.76 bits per heavy atom. The maximum absolute atomic E-state index is 12.2. The van der Waals surface area contributed by atoms with Gasteiger partial charge in [-0.2, -0.15) is 0 Å². The van der Waals surface area contributed by atoms with Crippen molar-refractivity contribution in [2.24, 2.45) is 11.3 Å². The lowest BCUT2D eigenvalue weighted by atomic mass is 9.70. The zero-order valence-electron chi connectivity index (χ0n) is 13.5. The van der Waals surface area contributed by atoms with Crippen LogP contribution < -0.4 is 11.1 Å². The maximum atomic E-state index is 12.2. The number of nitrogens with two attached hydrogens (primary N) is 1. The lowest BCUT2D eigenvalue weighted by molar-refractivity contribution is -0.122. The van der Waals surface area contributed by atoms with Crippen LogP contribution in [0.5, 0.6) is 0 Å². The minimum atomic E-state index is 0.148. The van der Waals surface area contributed by atoms with E-state index in [1.807, 2.05) is 24.3 Å². The molecule has 116 valence electrons. The number of benzene rings is 1. The van der Waals surface area contributed by atoms with Gasteiger partial charge in [-0.05, 0) is 48.6 Å². The maximum Gasteiger partial charge on any atom is 0.220 e. The van der Waals surface area contributed by atoms with Crippen LogP contribution in [0.1, 0.15) is 52.0 Å².